The summed E-state index contributed by atoms with van der Waals surface area (Å²) in [4.78, 5) is 0. The van der Waals surface area contributed by atoms with Crippen molar-refractivity contribution in [2.24, 2.45) is 0 Å². The number of para-hydroxylation sites is 1. The van der Waals surface area contributed by atoms with Crippen LogP contribution >= 0.6 is 0 Å². The second-order valence-corrected chi connectivity index (χ2v) is 3.01. The lowest BCUT2D eigenvalue weighted by Gasteiger charge is -2.00. The van der Waals surface area contributed by atoms with Crippen molar-refractivity contribution in [3.8, 4) is 0 Å². The minimum Gasteiger partial charge on any atom is -0.382 e. The second-order valence-electron chi connectivity index (χ2n) is 3.01. The molecule has 0 fully saturated rings. The largest absolute Gasteiger partial charge is 0.382 e. The number of anilines is 1. The standard InChI is InChI=1S/C13H17N/c1-2-3-4-5-9-12-14-13-10-7-6-8-11-13/h3-11,14H,2,12H2,1H3/b4-3-,9-5-. The first-order chi connectivity index (χ1) is 6.93. The molecule has 1 rings (SSSR count). The Morgan fingerprint density at radius 1 is 1.07 bits per heavy atom. The van der Waals surface area contributed by atoms with Gasteiger partial charge in [0.05, 0.1) is 0 Å². The van der Waals surface area contributed by atoms with Crippen molar-refractivity contribution in [1.29, 1.82) is 0 Å². The van der Waals surface area contributed by atoms with Crippen LogP contribution < -0.4 is 5.32 Å². The van der Waals surface area contributed by atoms with Crippen LogP contribution in [0.25, 0.3) is 0 Å². The molecule has 0 aliphatic carbocycles. The highest BCUT2D eigenvalue weighted by atomic mass is 14.8. The van der Waals surface area contributed by atoms with Gasteiger partial charge in [-0.05, 0) is 18.6 Å². The summed E-state index contributed by atoms with van der Waals surface area (Å²) in [7, 11) is 0. The van der Waals surface area contributed by atoms with Gasteiger partial charge in [-0.2, -0.15) is 0 Å². The number of benzene rings is 1. The van der Waals surface area contributed by atoms with Crippen LogP contribution in [0.3, 0.4) is 0 Å². The smallest absolute Gasteiger partial charge is 0.0342 e. The van der Waals surface area contributed by atoms with Crippen LogP contribution in [0.5, 0.6) is 0 Å². The van der Waals surface area contributed by atoms with Crippen molar-refractivity contribution >= 4 is 5.69 Å². The molecule has 0 radical (unpaired) electrons. The number of allylic oxidation sites excluding steroid dienone is 3. The quantitative estimate of drug-likeness (QED) is 0.694. The second kappa shape index (κ2) is 6.96. The van der Waals surface area contributed by atoms with Crippen molar-refractivity contribution in [2.75, 3.05) is 11.9 Å². The molecule has 14 heavy (non-hydrogen) atoms. The van der Waals surface area contributed by atoms with E-state index in [9.17, 15) is 0 Å². The van der Waals surface area contributed by atoms with E-state index in [1.807, 2.05) is 18.2 Å². The summed E-state index contributed by atoms with van der Waals surface area (Å²) in [6, 6.07) is 10.2. The first-order valence-corrected chi connectivity index (χ1v) is 5.04. The van der Waals surface area contributed by atoms with Gasteiger partial charge in [0.15, 0.2) is 0 Å². The van der Waals surface area contributed by atoms with Crippen molar-refractivity contribution in [1.82, 2.24) is 0 Å². The lowest BCUT2D eigenvalue weighted by atomic mass is 10.3. The number of hydrogen-bond acceptors (Lipinski definition) is 1. The lowest BCUT2D eigenvalue weighted by molar-refractivity contribution is 1.22. The molecule has 74 valence electrons. The zero-order chi connectivity index (χ0) is 10.1. The van der Waals surface area contributed by atoms with Crippen molar-refractivity contribution in [2.45, 2.75) is 13.3 Å². The van der Waals surface area contributed by atoms with Gasteiger partial charge in [-0.15, -0.1) is 0 Å². The molecular weight excluding hydrogens is 170 g/mol. The van der Waals surface area contributed by atoms with Gasteiger partial charge >= 0.3 is 0 Å². The molecule has 0 spiro atoms. The summed E-state index contributed by atoms with van der Waals surface area (Å²) in [6.07, 6.45) is 9.49. The predicted octanol–water partition coefficient (Wildman–Crippen LogP) is 3.62. The molecule has 1 aromatic rings. The van der Waals surface area contributed by atoms with Crippen LogP contribution in [0.2, 0.25) is 0 Å². The summed E-state index contributed by atoms with van der Waals surface area (Å²) in [6.45, 7) is 3.00. The van der Waals surface area contributed by atoms with Gasteiger partial charge in [-0.3, -0.25) is 0 Å². The average molecular weight is 187 g/mol. The van der Waals surface area contributed by atoms with Crippen LogP contribution in [0.1, 0.15) is 13.3 Å². The Hall–Kier alpha value is -1.50. The Bertz CT molecular complexity index is 285. The summed E-state index contributed by atoms with van der Waals surface area (Å²) in [5.74, 6) is 0. The normalized spacial score (nSPS) is 11.2. The molecule has 0 aliphatic heterocycles. The molecule has 1 N–H and O–H groups in total. The molecule has 0 bridgehead atoms. The Labute approximate surface area is 86.2 Å². The van der Waals surface area contributed by atoms with Crippen molar-refractivity contribution in [3.63, 3.8) is 0 Å². The van der Waals surface area contributed by atoms with Gasteiger partial charge in [-0.1, -0.05) is 49.4 Å². The maximum absolute atomic E-state index is 3.30. The van der Waals surface area contributed by atoms with Gasteiger partial charge in [0.2, 0.25) is 0 Å². The van der Waals surface area contributed by atoms with E-state index in [0.717, 1.165) is 18.7 Å². The van der Waals surface area contributed by atoms with Crippen LogP contribution in [0.4, 0.5) is 5.69 Å². The number of rotatable bonds is 5. The highest BCUT2D eigenvalue weighted by Gasteiger charge is 1.83. The molecule has 0 atom stereocenters. The summed E-state index contributed by atoms with van der Waals surface area (Å²) >= 11 is 0. The third kappa shape index (κ3) is 4.51. The number of nitrogens with one attached hydrogen (secondary N) is 1. The van der Waals surface area contributed by atoms with Gasteiger partial charge in [-0.25, -0.2) is 0 Å². The maximum Gasteiger partial charge on any atom is 0.0342 e. The van der Waals surface area contributed by atoms with Crippen LogP contribution in [0, 0.1) is 0 Å². The predicted molar refractivity (Wildman–Crippen MR) is 63.5 cm³/mol. The highest BCUT2D eigenvalue weighted by Crippen LogP contribution is 2.03. The summed E-state index contributed by atoms with van der Waals surface area (Å²) < 4.78 is 0. The molecule has 0 unspecified atom stereocenters. The third-order valence-electron chi connectivity index (χ3n) is 1.82. The minimum absolute atomic E-state index is 0.873. The molecule has 0 saturated carbocycles. The van der Waals surface area contributed by atoms with Crippen molar-refractivity contribution < 1.29 is 0 Å². The SMILES string of the molecule is CC/C=C\C=C/CNc1ccccc1. The molecular formula is C13H17N. The van der Waals surface area contributed by atoms with E-state index in [2.05, 4.69) is 48.7 Å². The van der Waals surface area contributed by atoms with Crippen LogP contribution in [-0.2, 0) is 0 Å². The van der Waals surface area contributed by atoms with E-state index in [0.29, 0.717) is 0 Å². The first kappa shape index (κ1) is 10.6. The third-order valence-corrected chi connectivity index (χ3v) is 1.82. The lowest BCUT2D eigenvalue weighted by Crippen LogP contribution is -1.96. The maximum atomic E-state index is 3.30. The van der Waals surface area contributed by atoms with Crippen LogP contribution in [-0.4, -0.2) is 6.54 Å². The summed E-state index contributed by atoms with van der Waals surface area (Å²) in [5, 5.41) is 3.30. The Morgan fingerprint density at radius 3 is 2.50 bits per heavy atom. The highest BCUT2D eigenvalue weighted by molar-refractivity contribution is 5.42. The monoisotopic (exact) mass is 187 g/mol. The van der Waals surface area contributed by atoms with E-state index in [4.69, 9.17) is 0 Å². The van der Waals surface area contributed by atoms with Gasteiger partial charge in [0.25, 0.3) is 0 Å². The fourth-order valence-electron chi connectivity index (χ4n) is 1.09. The Balaban J connectivity index is 2.22. The fraction of sp³-hybridized carbons (Fsp3) is 0.231. The van der Waals surface area contributed by atoms with E-state index < -0.39 is 0 Å². The molecule has 0 aromatic heterocycles. The first-order valence-electron chi connectivity index (χ1n) is 5.04. The molecule has 1 aromatic carbocycles. The number of hydrogen-bond donors (Lipinski definition) is 1. The Kier molecular flexibility index (Phi) is 5.26. The molecule has 0 saturated heterocycles. The van der Waals surface area contributed by atoms with Gasteiger partial charge in [0.1, 0.15) is 0 Å². The van der Waals surface area contributed by atoms with Crippen molar-refractivity contribution in [3.05, 3.63) is 54.6 Å². The topological polar surface area (TPSA) is 12.0 Å². The molecule has 0 heterocycles. The van der Waals surface area contributed by atoms with E-state index in [1.54, 1.807) is 0 Å². The van der Waals surface area contributed by atoms with Gasteiger partial charge in [0, 0.05) is 12.2 Å². The van der Waals surface area contributed by atoms with E-state index >= 15 is 0 Å². The fourth-order valence-corrected chi connectivity index (χ4v) is 1.09. The Morgan fingerprint density at radius 2 is 1.79 bits per heavy atom. The zero-order valence-electron chi connectivity index (χ0n) is 8.61. The average Bonchev–Trinajstić information content (AvgIpc) is 2.25. The zero-order valence-corrected chi connectivity index (χ0v) is 8.61. The molecule has 1 heteroatoms. The summed E-state index contributed by atoms with van der Waals surface area (Å²) in [5.41, 5.74) is 1.16. The van der Waals surface area contributed by atoms with E-state index in [1.165, 1.54) is 0 Å². The van der Waals surface area contributed by atoms with Gasteiger partial charge < -0.3 is 5.32 Å². The molecule has 0 aliphatic rings. The molecule has 1 nitrogen and oxygen atoms in total. The molecule has 0 amide bonds. The minimum atomic E-state index is 0.873. The van der Waals surface area contributed by atoms with E-state index in [-0.39, 0.29) is 0 Å². The van der Waals surface area contributed by atoms with Crippen LogP contribution in [0.15, 0.2) is 54.6 Å².